The van der Waals surface area contributed by atoms with E-state index in [2.05, 4.69) is 24.3 Å². The summed E-state index contributed by atoms with van der Waals surface area (Å²) in [7, 11) is 0. The van der Waals surface area contributed by atoms with Crippen LogP contribution in [0, 0.1) is 5.92 Å². The van der Waals surface area contributed by atoms with Crippen LogP contribution in [0.4, 0.5) is 15.4 Å². The Morgan fingerprint density at radius 2 is 1.76 bits per heavy atom. The number of ether oxygens (including phenoxy) is 3. The molecule has 41 heavy (non-hydrogen) atoms. The van der Waals surface area contributed by atoms with Gasteiger partial charge in [0.15, 0.2) is 5.65 Å². The minimum Gasteiger partial charge on any atom is -0.472 e. The van der Waals surface area contributed by atoms with E-state index in [9.17, 15) is 9.59 Å². The molecular formula is C30H48N6O5. The van der Waals surface area contributed by atoms with Crippen molar-refractivity contribution in [2.75, 3.05) is 37.6 Å². The van der Waals surface area contributed by atoms with Crippen molar-refractivity contribution in [3.63, 3.8) is 0 Å². The maximum atomic E-state index is 13.7. The fourth-order valence-corrected chi connectivity index (χ4v) is 5.20. The highest BCUT2D eigenvalue weighted by Gasteiger charge is 2.32. The van der Waals surface area contributed by atoms with E-state index in [0.717, 1.165) is 44.3 Å². The van der Waals surface area contributed by atoms with Gasteiger partial charge in [0, 0.05) is 24.7 Å². The summed E-state index contributed by atoms with van der Waals surface area (Å²) in [6.07, 6.45) is 4.29. The SMILES string of the molecule is CC(C)c1cnn2c(N(CC3CCNCC3)C(=O)OC(C)(C)C)cc(O[C@@H]3CCCN(C(=O)OC(C)(C)C)C3)nc12. The molecule has 228 valence electrons. The van der Waals surface area contributed by atoms with Crippen LogP contribution in [0.15, 0.2) is 12.3 Å². The van der Waals surface area contributed by atoms with Crippen molar-refractivity contribution in [3.05, 3.63) is 17.8 Å². The summed E-state index contributed by atoms with van der Waals surface area (Å²) in [5.74, 6) is 1.44. The molecule has 1 N–H and O–H groups in total. The zero-order valence-electron chi connectivity index (χ0n) is 26.0. The first-order chi connectivity index (χ1) is 19.2. The van der Waals surface area contributed by atoms with Crippen LogP contribution in [-0.2, 0) is 9.47 Å². The maximum absolute atomic E-state index is 13.7. The van der Waals surface area contributed by atoms with Crippen LogP contribution in [0.3, 0.4) is 0 Å². The lowest BCUT2D eigenvalue weighted by Crippen LogP contribution is -2.46. The van der Waals surface area contributed by atoms with E-state index in [1.807, 2.05) is 47.7 Å². The van der Waals surface area contributed by atoms with Crippen molar-refractivity contribution < 1.29 is 23.8 Å². The van der Waals surface area contributed by atoms with E-state index in [1.165, 1.54) is 0 Å². The van der Waals surface area contributed by atoms with E-state index in [1.54, 1.807) is 20.4 Å². The minimum absolute atomic E-state index is 0.167. The first kappa shape index (κ1) is 30.9. The van der Waals surface area contributed by atoms with Gasteiger partial charge in [0.05, 0.1) is 12.7 Å². The van der Waals surface area contributed by atoms with Crippen LogP contribution in [-0.4, -0.2) is 81.7 Å². The number of nitrogens with one attached hydrogen (secondary N) is 1. The van der Waals surface area contributed by atoms with Crippen molar-refractivity contribution >= 4 is 23.7 Å². The summed E-state index contributed by atoms with van der Waals surface area (Å²) in [6.45, 7) is 18.7. The van der Waals surface area contributed by atoms with Gasteiger partial charge in [0.2, 0.25) is 5.88 Å². The lowest BCUT2D eigenvalue weighted by molar-refractivity contribution is 0.00720. The molecular weight excluding hydrogens is 524 g/mol. The van der Waals surface area contributed by atoms with Crippen molar-refractivity contribution in [1.29, 1.82) is 0 Å². The van der Waals surface area contributed by atoms with E-state index < -0.39 is 17.3 Å². The summed E-state index contributed by atoms with van der Waals surface area (Å²) in [5, 5.41) is 8.06. The van der Waals surface area contributed by atoms with E-state index >= 15 is 0 Å². The number of nitrogens with zero attached hydrogens (tertiary/aromatic N) is 5. The Hall–Kier alpha value is -3.08. The van der Waals surface area contributed by atoms with Gasteiger partial charge in [0.25, 0.3) is 0 Å². The smallest absolute Gasteiger partial charge is 0.416 e. The van der Waals surface area contributed by atoms with Crippen molar-refractivity contribution in [3.8, 4) is 5.88 Å². The fourth-order valence-electron chi connectivity index (χ4n) is 5.20. The third-order valence-electron chi connectivity index (χ3n) is 7.19. The molecule has 0 radical (unpaired) electrons. The average molecular weight is 573 g/mol. The average Bonchev–Trinajstić information content (AvgIpc) is 3.30. The molecule has 2 amide bonds. The Kier molecular flexibility index (Phi) is 9.35. The Balaban J connectivity index is 1.69. The van der Waals surface area contributed by atoms with Crippen molar-refractivity contribution in [1.82, 2.24) is 24.8 Å². The summed E-state index contributed by atoms with van der Waals surface area (Å²) in [4.78, 5) is 34.7. The van der Waals surface area contributed by atoms with Crippen LogP contribution in [0.2, 0.25) is 0 Å². The van der Waals surface area contributed by atoms with Crippen LogP contribution in [0.1, 0.15) is 92.6 Å². The second kappa shape index (κ2) is 12.4. The molecule has 4 heterocycles. The van der Waals surface area contributed by atoms with Gasteiger partial charge in [-0.1, -0.05) is 13.8 Å². The molecule has 1 atom stereocenters. The number of rotatable bonds is 6. The topological polar surface area (TPSA) is 111 Å². The summed E-state index contributed by atoms with van der Waals surface area (Å²) in [6, 6.07) is 1.78. The summed E-state index contributed by atoms with van der Waals surface area (Å²) < 4.78 is 19.6. The highest BCUT2D eigenvalue weighted by molar-refractivity contribution is 5.87. The number of hydrogen-bond donors (Lipinski definition) is 1. The van der Waals surface area contributed by atoms with E-state index in [0.29, 0.717) is 42.9 Å². The molecule has 2 saturated heterocycles. The Bertz CT molecular complexity index is 1210. The van der Waals surface area contributed by atoms with E-state index in [-0.39, 0.29) is 18.1 Å². The summed E-state index contributed by atoms with van der Waals surface area (Å²) in [5.41, 5.74) is 0.379. The largest absolute Gasteiger partial charge is 0.472 e. The van der Waals surface area contributed by atoms with Gasteiger partial charge >= 0.3 is 12.2 Å². The van der Waals surface area contributed by atoms with Gasteiger partial charge in [-0.05, 0) is 92.2 Å². The molecule has 0 aromatic carbocycles. The third-order valence-corrected chi connectivity index (χ3v) is 7.19. The van der Waals surface area contributed by atoms with Crippen LogP contribution in [0.25, 0.3) is 5.65 Å². The molecule has 4 rings (SSSR count). The highest BCUT2D eigenvalue weighted by Crippen LogP contribution is 2.31. The fraction of sp³-hybridized carbons (Fsp3) is 0.733. The molecule has 0 spiro atoms. The number of anilines is 1. The number of hydrogen-bond acceptors (Lipinski definition) is 8. The second-order valence-electron chi connectivity index (χ2n) is 13.5. The molecule has 2 aliphatic heterocycles. The molecule has 0 unspecified atom stereocenters. The molecule has 0 aliphatic carbocycles. The number of likely N-dealkylation sites (tertiary alicyclic amines) is 1. The van der Waals surface area contributed by atoms with Gasteiger partial charge in [-0.3, -0.25) is 4.90 Å². The third kappa shape index (κ3) is 8.24. The number of carbonyl (C=O) groups is 2. The molecule has 11 nitrogen and oxygen atoms in total. The monoisotopic (exact) mass is 572 g/mol. The number of fused-ring (bicyclic) bond motifs is 1. The zero-order chi connectivity index (χ0) is 29.9. The maximum Gasteiger partial charge on any atom is 0.416 e. The number of amides is 2. The Morgan fingerprint density at radius 1 is 1.07 bits per heavy atom. The molecule has 2 aromatic rings. The van der Waals surface area contributed by atoms with Crippen molar-refractivity contribution in [2.24, 2.45) is 5.92 Å². The Labute approximate surface area is 243 Å². The number of piperidine rings is 2. The molecule has 2 aliphatic rings. The highest BCUT2D eigenvalue weighted by atomic mass is 16.6. The predicted molar refractivity (Wildman–Crippen MR) is 158 cm³/mol. The van der Waals surface area contributed by atoms with Crippen LogP contribution < -0.4 is 15.0 Å². The van der Waals surface area contributed by atoms with Gasteiger partial charge in [-0.2, -0.15) is 14.6 Å². The van der Waals surface area contributed by atoms with Gasteiger partial charge < -0.3 is 24.4 Å². The molecule has 0 saturated carbocycles. The van der Waals surface area contributed by atoms with Gasteiger partial charge in [-0.25, -0.2) is 9.59 Å². The van der Waals surface area contributed by atoms with E-state index in [4.69, 9.17) is 19.2 Å². The summed E-state index contributed by atoms with van der Waals surface area (Å²) >= 11 is 0. The van der Waals surface area contributed by atoms with Crippen LogP contribution >= 0.6 is 0 Å². The van der Waals surface area contributed by atoms with Gasteiger partial charge in [0.1, 0.15) is 23.1 Å². The predicted octanol–water partition coefficient (Wildman–Crippen LogP) is 5.37. The molecule has 2 fully saturated rings. The molecule has 11 heteroatoms. The number of carbonyl (C=O) groups excluding carboxylic acids is 2. The van der Waals surface area contributed by atoms with Crippen LogP contribution in [0.5, 0.6) is 5.88 Å². The molecule has 0 bridgehead atoms. The quantitative estimate of drug-likeness (QED) is 0.492. The van der Waals surface area contributed by atoms with Crippen molar-refractivity contribution in [2.45, 2.75) is 104 Å². The van der Waals surface area contributed by atoms with Gasteiger partial charge in [-0.15, -0.1) is 0 Å². The molecule has 2 aromatic heterocycles. The Morgan fingerprint density at radius 3 is 2.39 bits per heavy atom. The standard InChI is InChI=1S/C30H48N6O5/c1-20(2)23-17-32-36-25(35(28(38)41-30(6,7)8)18-21-11-13-31-14-12-21)16-24(33-26(23)36)39-22-10-9-15-34(19-22)27(37)40-29(3,4)5/h16-17,20-22,31H,9-15,18-19H2,1-8H3/t22-/m1/s1. The normalized spacial score (nSPS) is 19.0. The lowest BCUT2D eigenvalue weighted by atomic mass is 9.97. The first-order valence-corrected chi connectivity index (χ1v) is 14.9. The number of aromatic nitrogens is 3. The lowest BCUT2D eigenvalue weighted by Gasteiger charge is -2.34. The first-order valence-electron chi connectivity index (χ1n) is 14.9. The second-order valence-corrected chi connectivity index (χ2v) is 13.5. The minimum atomic E-state index is -0.657. The zero-order valence-corrected chi connectivity index (χ0v) is 26.0.